The van der Waals surface area contributed by atoms with Crippen LogP contribution in [0.5, 0.6) is 0 Å². The molecule has 0 radical (unpaired) electrons. The van der Waals surface area contributed by atoms with Crippen LogP contribution < -0.4 is 5.32 Å². The zero-order valence-corrected chi connectivity index (χ0v) is 14.0. The van der Waals surface area contributed by atoms with Crippen LogP contribution in [0.15, 0.2) is 54.7 Å². The molecule has 1 heterocycles. The molecule has 0 bridgehead atoms. The second-order valence-electron chi connectivity index (χ2n) is 5.83. The van der Waals surface area contributed by atoms with Gasteiger partial charge >= 0.3 is 0 Å². The Morgan fingerprint density at radius 2 is 1.67 bits per heavy atom. The molecular weight excluding hydrogens is 298 g/mol. The Hall–Kier alpha value is -3.01. The average Bonchev–Trinajstić information content (AvgIpc) is 2.57. The molecule has 1 aromatic heterocycles. The highest BCUT2D eigenvalue weighted by Gasteiger charge is 2.13. The fourth-order valence-electron chi connectivity index (χ4n) is 2.43. The van der Waals surface area contributed by atoms with Gasteiger partial charge in [-0.1, -0.05) is 48.0 Å². The molecule has 0 aliphatic carbocycles. The van der Waals surface area contributed by atoms with E-state index in [-0.39, 0.29) is 5.91 Å². The summed E-state index contributed by atoms with van der Waals surface area (Å²) >= 11 is 0. The van der Waals surface area contributed by atoms with Gasteiger partial charge in [-0.15, -0.1) is 0 Å². The molecule has 24 heavy (non-hydrogen) atoms. The molecule has 2 aromatic carbocycles. The molecule has 0 unspecified atom stereocenters. The number of carbonyl (C=O) groups is 1. The van der Waals surface area contributed by atoms with Gasteiger partial charge in [0.05, 0.1) is 11.3 Å². The number of hydrogen-bond acceptors (Lipinski definition) is 3. The summed E-state index contributed by atoms with van der Waals surface area (Å²) in [6.07, 6.45) is 1.59. The number of para-hydroxylation sites is 1. The van der Waals surface area contributed by atoms with E-state index in [4.69, 9.17) is 0 Å². The molecule has 0 saturated heterocycles. The molecule has 3 rings (SSSR count). The third kappa shape index (κ3) is 3.33. The number of hydrogen-bond donors (Lipinski definition) is 1. The fourth-order valence-corrected chi connectivity index (χ4v) is 2.43. The molecule has 4 nitrogen and oxygen atoms in total. The molecule has 0 aliphatic heterocycles. The summed E-state index contributed by atoms with van der Waals surface area (Å²) in [6, 6.07) is 15.7. The summed E-state index contributed by atoms with van der Waals surface area (Å²) in [4.78, 5) is 21.3. The molecule has 0 spiro atoms. The summed E-state index contributed by atoms with van der Waals surface area (Å²) in [5, 5.41) is 2.92. The lowest BCUT2D eigenvalue weighted by molar-refractivity contribution is 0.102. The lowest BCUT2D eigenvalue weighted by Gasteiger charge is -2.10. The average molecular weight is 317 g/mol. The summed E-state index contributed by atoms with van der Waals surface area (Å²) in [7, 11) is 0. The fraction of sp³-hybridized carbons (Fsp3) is 0.150. The van der Waals surface area contributed by atoms with Crippen molar-refractivity contribution in [3.05, 3.63) is 77.1 Å². The highest BCUT2D eigenvalue weighted by Crippen LogP contribution is 2.19. The van der Waals surface area contributed by atoms with E-state index < -0.39 is 0 Å². The second kappa shape index (κ2) is 6.62. The Kier molecular flexibility index (Phi) is 4.38. The topological polar surface area (TPSA) is 54.9 Å². The van der Waals surface area contributed by atoms with Crippen molar-refractivity contribution in [2.45, 2.75) is 20.8 Å². The lowest BCUT2D eigenvalue weighted by Crippen LogP contribution is -2.15. The monoisotopic (exact) mass is 317 g/mol. The SMILES string of the molecule is Cc1ccc(-c2ncc(C(=O)Nc3ccccc3C)c(C)n2)cc1. The van der Waals surface area contributed by atoms with Crippen LogP contribution in [0.4, 0.5) is 5.69 Å². The number of nitrogens with one attached hydrogen (secondary N) is 1. The molecule has 120 valence electrons. The van der Waals surface area contributed by atoms with Crippen LogP contribution in [-0.2, 0) is 0 Å². The number of rotatable bonds is 3. The Balaban J connectivity index is 1.86. The first-order chi connectivity index (χ1) is 11.5. The van der Waals surface area contributed by atoms with Gasteiger partial charge in [0.1, 0.15) is 0 Å². The molecule has 1 amide bonds. The zero-order chi connectivity index (χ0) is 17.1. The van der Waals surface area contributed by atoms with Crippen molar-refractivity contribution in [1.82, 2.24) is 9.97 Å². The van der Waals surface area contributed by atoms with Crippen LogP contribution in [-0.4, -0.2) is 15.9 Å². The molecular formula is C20H19N3O. The van der Waals surface area contributed by atoms with Crippen molar-refractivity contribution in [2.24, 2.45) is 0 Å². The lowest BCUT2D eigenvalue weighted by atomic mass is 10.1. The van der Waals surface area contributed by atoms with Crippen molar-refractivity contribution < 1.29 is 4.79 Å². The number of carbonyl (C=O) groups excluding carboxylic acids is 1. The van der Waals surface area contributed by atoms with Gasteiger partial charge in [0.15, 0.2) is 5.82 Å². The maximum atomic E-state index is 12.5. The number of aryl methyl sites for hydroxylation is 3. The first kappa shape index (κ1) is 15.9. The Morgan fingerprint density at radius 1 is 0.958 bits per heavy atom. The molecule has 3 aromatic rings. The summed E-state index contributed by atoms with van der Waals surface area (Å²) in [6.45, 7) is 5.82. The van der Waals surface area contributed by atoms with Gasteiger partial charge < -0.3 is 5.32 Å². The predicted octanol–water partition coefficient (Wildman–Crippen LogP) is 4.32. The minimum atomic E-state index is -0.197. The van der Waals surface area contributed by atoms with Crippen molar-refractivity contribution >= 4 is 11.6 Å². The largest absolute Gasteiger partial charge is 0.322 e. The van der Waals surface area contributed by atoms with Crippen molar-refractivity contribution in [3.8, 4) is 11.4 Å². The van der Waals surface area contributed by atoms with Crippen LogP contribution in [0.25, 0.3) is 11.4 Å². The summed E-state index contributed by atoms with van der Waals surface area (Å²) < 4.78 is 0. The van der Waals surface area contributed by atoms with E-state index in [0.29, 0.717) is 17.1 Å². The Bertz CT molecular complexity index is 886. The van der Waals surface area contributed by atoms with E-state index in [0.717, 1.165) is 16.8 Å². The van der Waals surface area contributed by atoms with E-state index in [9.17, 15) is 4.79 Å². The van der Waals surface area contributed by atoms with E-state index in [1.165, 1.54) is 5.56 Å². The van der Waals surface area contributed by atoms with Gasteiger partial charge in [-0.25, -0.2) is 9.97 Å². The smallest absolute Gasteiger partial charge is 0.259 e. The first-order valence-electron chi connectivity index (χ1n) is 7.82. The van der Waals surface area contributed by atoms with Crippen molar-refractivity contribution in [1.29, 1.82) is 0 Å². The maximum absolute atomic E-state index is 12.5. The normalized spacial score (nSPS) is 10.5. The number of aromatic nitrogens is 2. The van der Waals surface area contributed by atoms with E-state index in [1.54, 1.807) is 6.20 Å². The highest BCUT2D eigenvalue weighted by atomic mass is 16.1. The molecule has 0 saturated carbocycles. The second-order valence-corrected chi connectivity index (χ2v) is 5.83. The number of amides is 1. The number of benzene rings is 2. The van der Waals surface area contributed by atoms with Gasteiger partial charge in [-0.3, -0.25) is 4.79 Å². The summed E-state index contributed by atoms with van der Waals surface area (Å²) in [5.74, 6) is 0.428. The van der Waals surface area contributed by atoms with E-state index in [1.807, 2.05) is 69.3 Å². The van der Waals surface area contributed by atoms with Crippen LogP contribution in [0.2, 0.25) is 0 Å². The Morgan fingerprint density at radius 3 is 2.33 bits per heavy atom. The Labute approximate surface area is 141 Å². The third-order valence-electron chi connectivity index (χ3n) is 3.93. The van der Waals surface area contributed by atoms with Crippen LogP contribution >= 0.6 is 0 Å². The zero-order valence-electron chi connectivity index (χ0n) is 14.0. The van der Waals surface area contributed by atoms with Gasteiger partial charge in [0, 0.05) is 17.4 Å². The number of nitrogens with zero attached hydrogens (tertiary/aromatic N) is 2. The van der Waals surface area contributed by atoms with Crippen LogP contribution in [0.3, 0.4) is 0 Å². The minimum Gasteiger partial charge on any atom is -0.322 e. The van der Waals surface area contributed by atoms with Crippen LogP contribution in [0.1, 0.15) is 27.2 Å². The van der Waals surface area contributed by atoms with Crippen molar-refractivity contribution in [3.63, 3.8) is 0 Å². The molecule has 0 atom stereocenters. The maximum Gasteiger partial charge on any atom is 0.259 e. The molecule has 4 heteroatoms. The minimum absolute atomic E-state index is 0.197. The van der Waals surface area contributed by atoms with Gasteiger partial charge in [-0.2, -0.15) is 0 Å². The highest BCUT2D eigenvalue weighted by molar-refractivity contribution is 6.05. The first-order valence-corrected chi connectivity index (χ1v) is 7.82. The van der Waals surface area contributed by atoms with Gasteiger partial charge in [-0.05, 0) is 32.4 Å². The predicted molar refractivity (Wildman–Crippen MR) is 96.1 cm³/mol. The van der Waals surface area contributed by atoms with Gasteiger partial charge in [0.2, 0.25) is 0 Å². The van der Waals surface area contributed by atoms with Gasteiger partial charge in [0.25, 0.3) is 5.91 Å². The van der Waals surface area contributed by atoms with Crippen LogP contribution in [0, 0.1) is 20.8 Å². The summed E-state index contributed by atoms with van der Waals surface area (Å²) in [5.41, 5.74) is 5.07. The quantitative estimate of drug-likeness (QED) is 0.782. The molecule has 0 fully saturated rings. The van der Waals surface area contributed by atoms with Crippen molar-refractivity contribution in [2.75, 3.05) is 5.32 Å². The molecule has 0 aliphatic rings. The number of anilines is 1. The molecule has 1 N–H and O–H groups in total. The van der Waals surface area contributed by atoms with E-state index in [2.05, 4.69) is 15.3 Å². The van der Waals surface area contributed by atoms with E-state index >= 15 is 0 Å². The third-order valence-corrected chi connectivity index (χ3v) is 3.93. The standard InChI is InChI=1S/C20H19N3O/c1-13-8-10-16(11-9-13)19-21-12-17(15(3)22-19)20(24)23-18-7-5-4-6-14(18)2/h4-12H,1-3H3,(H,23,24).